The monoisotopic (exact) mass is 258 g/mol. The van der Waals surface area contributed by atoms with E-state index in [0.717, 1.165) is 5.56 Å². The highest BCUT2D eigenvalue weighted by Crippen LogP contribution is 2.30. The van der Waals surface area contributed by atoms with Gasteiger partial charge in [-0.25, -0.2) is 9.97 Å². The van der Waals surface area contributed by atoms with E-state index in [9.17, 15) is 0 Å². The molecule has 0 saturated heterocycles. The van der Waals surface area contributed by atoms with E-state index in [-0.39, 0.29) is 10.3 Å². The number of aromatic nitrogens is 2. The molecule has 0 unspecified atom stereocenters. The highest BCUT2D eigenvalue weighted by Gasteiger charge is 2.10. The van der Waals surface area contributed by atoms with Crippen LogP contribution in [-0.2, 0) is 0 Å². The van der Waals surface area contributed by atoms with Crippen LogP contribution in [0.3, 0.4) is 0 Å². The standard InChI is InChI=1S/C10H5Cl3N2/c11-7-4-2-1-3-6(7)9-10(13)14-5-8(12)15-9/h1-5H. The Hall–Kier alpha value is -0.830. The largest absolute Gasteiger partial charge is 0.239 e. The van der Waals surface area contributed by atoms with Crippen molar-refractivity contribution in [3.63, 3.8) is 0 Å². The number of benzene rings is 1. The van der Waals surface area contributed by atoms with Crippen LogP contribution in [-0.4, -0.2) is 9.97 Å². The second-order valence-electron chi connectivity index (χ2n) is 2.81. The number of nitrogens with zero attached hydrogens (tertiary/aromatic N) is 2. The third-order valence-corrected chi connectivity index (χ3v) is 2.62. The summed E-state index contributed by atoms with van der Waals surface area (Å²) in [5.41, 5.74) is 1.22. The molecule has 76 valence electrons. The van der Waals surface area contributed by atoms with Crippen LogP contribution in [0.15, 0.2) is 30.5 Å². The SMILES string of the molecule is Clc1cnc(Cl)c(-c2ccccc2Cl)n1. The predicted molar refractivity (Wildman–Crippen MR) is 62.5 cm³/mol. The number of hydrogen-bond donors (Lipinski definition) is 0. The zero-order valence-electron chi connectivity index (χ0n) is 7.42. The Morgan fingerprint density at radius 2 is 1.73 bits per heavy atom. The topological polar surface area (TPSA) is 25.8 Å². The van der Waals surface area contributed by atoms with E-state index in [0.29, 0.717) is 10.7 Å². The first-order valence-corrected chi connectivity index (χ1v) is 5.25. The Morgan fingerprint density at radius 1 is 1.00 bits per heavy atom. The molecule has 2 aromatic rings. The summed E-state index contributed by atoms with van der Waals surface area (Å²) >= 11 is 17.7. The van der Waals surface area contributed by atoms with Gasteiger partial charge in [0.25, 0.3) is 0 Å². The van der Waals surface area contributed by atoms with Crippen molar-refractivity contribution >= 4 is 34.8 Å². The quantitative estimate of drug-likeness (QED) is 0.770. The van der Waals surface area contributed by atoms with Crippen molar-refractivity contribution in [2.75, 3.05) is 0 Å². The van der Waals surface area contributed by atoms with Gasteiger partial charge >= 0.3 is 0 Å². The lowest BCUT2D eigenvalue weighted by atomic mass is 10.2. The molecule has 15 heavy (non-hydrogen) atoms. The van der Waals surface area contributed by atoms with Crippen molar-refractivity contribution in [1.29, 1.82) is 0 Å². The van der Waals surface area contributed by atoms with E-state index in [4.69, 9.17) is 34.8 Å². The first kappa shape index (κ1) is 10.7. The van der Waals surface area contributed by atoms with E-state index in [1.54, 1.807) is 6.07 Å². The summed E-state index contributed by atoms with van der Waals surface area (Å²) < 4.78 is 0. The van der Waals surface area contributed by atoms with Gasteiger partial charge in [0.1, 0.15) is 10.8 Å². The van der Waals surface area contributed by atoms with Crippen molar-refractivity contribution < 1.29 is 0 Å². The second kappa shape index (κ2) is 4.35. The fraction of sp³-hybridized carbons (Fsp3) is 0. The predicted octanol–water partition coefficient (Wildman–Crippen LogP) is 4.10. The lowest BCUT2D eigenvalue weighted by Gasteiger charge is -2.04. The average molecular weight is 260 g/mol. The fourth-order valence-corrected chi connectivity index (χ4v) is 1.73. The molecule has 0 atom stereocenters. The molecular formula is C10H5Cl3N2. The maximum absolute atomic E-state index is 6.01. The van der Waals surface area contributed by atoms with Gasteiger partial charge in [-0.05, 0) is 6.07 Å². The zero-order valence-corrected chi connectivity index (χ0v) is 9.68. The highest BCUT2D eigenvalue weighted by molar-refractivity contribution is 6.36. The number of rotatable bonds is 1. The van der Waals surface area contributed by atoms with Crippen LogP contribution in [0.25, 0.3) is 11.3 Å². The number of hydrogen-bond acceptors (Lipinski definition) is 2. The van der Waals surface area contributed by atoms with Gasteiger partial charge in [0, 0.05) is 5.56 Å². The smallest absolute Gasteiger partial charge is 0.155 e. The van der Waals surface area contributed by atoms with E-state index >= 15 is 0 Å². The van der Waals surface area contributed by atoms with Gasteiger partial charge in [0.15, 0.2) is 5.15 Å². The van der Waals surface area contributed by atoms with Crippen molar-refractivity contribution in [1.82, 2.24) is 9.97 Å². The molecule has 0 fully saturated rings. The van der Waals surface area contributed by atoms with Crippen LogP contribution < -0.4 is 0 Å². The summed E-state index contributed by atoms with van der Waals surface area (Å²) in [6.07, 6.45) is 1.39. The Kier molecular flexibility index (Phi) is 3.10. The summed E-state index contributed by atoms with van der Waals surface area (Å²) in [5, 5.41) is 1.14. The van der Waals surface area contributed by atoms with E-state index < -0.39 is 0 Å². The molecule has 1 aromatic carbocycles. The van der Waals surface area contributed by atoms with Crippen LogP contribution in [0, 0.1) is 0 Å². The third-order valence-electron chi connectivity index (χ3n) is 1.83. The molecule has 0 aliphatic heterocycles. The van der Waals surface area contributed by atoms with Gasteiger partial charge in [0.2, 0.25) is 0 Å². The van der Waals surface area contributed by atoms with Crippen molar-refractivity contribution in [3.05, 3.63) is 45.8 Å². The molecule has 0 aliphatic carbocycles. The van der Waals surface area contributed by atoms with Gasteiger partial charge < -0.3 is 0 Å². The minimum Gasteiger partial charge on any atom is -0.239 e. The van der Waals surface area contributed by atoms with Crippen molar-refractivity contribution in [2.24, 2.45) is 0 Å². The van der Waals surface area contributed by atoms with E-state index in [1.807, 2.05) is 18.2 Å². The molecule has 2 nitrogen and oxygen atoms in total. The minimum absolute atomic E-state index is 0.285. The lowest BCUT2D eigenvalue weighted by Crippen LogP contribution is -1.89. The summed E-state index contributed by atoms with van der Waals surface area (Å²) in [4.78, 5) is 8.00. The molecule has 0 bridgehead atoms. The second-order valence-corrected chi connectivity index (χ2v) is 3.96. The van der Waals surface area contributed by atoms with E-state index in [2.05, 4.69) is 9.97 Å². The molecule has 0 N–H and O–H groups in total. The molecule has 0 radical (unpaired) electrons. The summed E-state index contributed by atoms with van der Waals surface area (Å²) in [7, 11) is 0. The molecular weight excluding hydrogens is 254 g/mol. The van der Waals surface area contributed by atoms with Crippen LogP contribution in [0.1, 0.15) is 0 Å². The van der Waals surface area contributed by atoms with Crippen molar-refractivity contribution in [2.45, 2.75) is 0 Å². The fourth-order valence-electron chi connectivity index (χ4n) is 1.18. The minimum atomic E-state index is 0.285. The molecule has 2 rings (SSSR count). The lowest BCUT2D eigenvalue weighted by molar-refractivity contribution is 1.21. The maximum Gasteiger partial charge on any atom is 0.155 e. The summed E-state index contributed by atoms with van der Waals surface area (Å²) in [5.74, 6) is 0. The third kappa shape index (κ3) is 2.23. The van der Waals surface area contributed by atoms with Crippen LogP contribution in [0.4, 0.5) is 0 Å². The van der Waals surface area contributed by atoms with Crippen LogP contribution in [0.2, 0.25) is 15.3 Å². The molecule has 1 heterocycles. The van der Waals surface area contributed by atoms with Crippen molar-refractivity contribution in [3.8, 4) is 11.3 Å². The van der Waals surface area contributed by atoms with Gasteiger partial charge in [-0.1, -0.05) is 53.0 Å². The molecule has 5 heteroatoms. The Bertz CT molecular complexity index is 500. The molecule has 1 aromatic heterocycles. The highest BCUT2D eigenvalue weighted by atomic mass is 35.5. The van der Waals surface area contributed by atoms with Gasteiger partial charge in [0.05, 0.1) is 11.2 Å². The molecule has 0 spiro atoms. The first-order chi connectivity index (χ1) is 7.18. The molecule has 0 saturated carbocycles. The Labute approximate surface area is 102 Å². The van der Waals surface area contributed by atoms with Gasteiger partial charge in [-0.15, -0.1) is 0 Å². The zero-order chi connectivity index (χ0) is 10.8. The van der Waals surface area contributed by atoms with Gasteiger partial charge in [-0.2, -0.15) is 0 Å². The van der Waals surface area contributed by atoms with E-state index in [1.165, 1.54) is 6.20 Å². The Balaban J connectivity index is 2.64. The van der Waals surface area contributed by atoms with Crippen LogP contribution >= 0.6 is 34.8 Å². The molecule has 0 amide bonds. The average Bonchev–Trinajstić information content (AvgIpc) is 2.23. The Morgan fingerprint density at radius 3 is 2.47 bits per heavy atom. The van der Waals surface area contributed by atoms with Gasteiger partial charge in [-0.3, -0.25) is 0 Å². The summed E-state index contributed by atoms with van der Waals surface area (Å²) in [6, 6.07) is 7.25. The molecule has 0 aliphatic rings. The normalized spacial score (nSPS) is 10.3. The van der Waals surface area contributed by atoms with Crippen LogP contribution in [0.5, 0.6) is 0 Å². The first-order valence-electron chi connectivity index (χ1n) is 4.11. The number of halogens is 3. The summed E-state index contributed by atoms with van der Waals surface area (Å²) in [6.45, 7) is 0. The maximum atomic E-state index is 6.01.